The summed E-state index contributed by atoms with van der Waals surface area (Å²) in [6.45, 7) is 4.31. The van der Waals surface area contributed by atoms with Crippen LogP contribution in [0.5, 0.6) is 0 Å². The molecule has 40 heavy (non-hydrogen) atoms. The zero-order valence-electron chi connectivity index (χ0n) is 22.2. The average Bonchev–Trinajstić information content (AvgIpc) is 3.39. The average molecular weight is 533 g/mol. The molecule has 7 nitrogen and oxygen atoms in total. The van der Waals surface area contributed by atoms with Gasteiger partial charge in [-0.3, -0.25) is 0 Å². The van der Waals surface area contributed by atoms with E-state index >= 15 is 0 Å². The molecule has 1 aliphatic rings. The van der Waals surface area contributed by atoms with Crippen LogP contribution in [0.4, 0.5) is 16.2 Å². The van der Waals surface area contributed by atoms with Gasteiger partial charge in [-0.15, -0.1) is 0 Å². The first kappa shape index (κ1) is 25.5. The first-order valence-electron chi connectivity index (χ1n) is 13.3. The lowest BCUT2D eigenvalue weighted by atomic mass is 10.1. The Labute approximate surface area is 232 Å². The normalized spacial score (nSPS) is 13.6. The van der Waals surface area contributed by atoms with E-state index in [0.717, 1.165) is 33.8 Å². The van der Waals surface area contributed by atoms with E-state index < -0.39 is 5.82 Å². The number of hydrogen-bond donors (Lipinski definition) is 1. The molecular weight excluding hydrogens is 503 g/mol. The van der Waals surface area contributed by atoms with Crippen molar-refractivity contribution in [1.82, 2.24) is 14.5 Å². The zero-order valence-corrected chi connectivity index (χ0v) is 22.2. The van der Waals surface area contributed by atoms with Crippen molar-refractivity contribution in [3.05, 3.63) is 114 Å². The molecule has 0 amide bonds. The van der Waals surface area contributed by atoms with Gasteiger partial charge >= 0.3 is 0 Å². The summed E-state index contributed by atoms with van der Waals surface area (Å²) in [7, 11) is 0. The molecule has 0 radical (unpaired) electrons. The highest BCUT2D eigenvalue weighted by molar-refractivity contribution is 5.93. The molecule has 3 aromatic carbocycles. The maximum atomic E-state index is 14.5. The number of hydrogen-bond acceptors (Lipinski definition) is 6. The molecule has 2 aromatic heterocycles. The van der Waals surface area contributed by atoms with Gasteiger partial charge in [-0.25, -0.2) is 14.8 Å². The SMILES string of the molecule is Cc1ccc(-n2c(-c3ccccc3)cc(/C=N\Nc3ncc(F)c(N4CCOCC4)n3)c2-c2ccccc2)cc1. The third-order valence-corrected chi connectivity index (χ3v) is 6.84. The Morgan fingerprint density at radius 3 is 2.27 bits per heavy atom. The topological polar surface area (TPSA) is 67.6 Å². The Hall–Kier alpha value is -4.82. The van der Waals surface area contributed by atoms with Crippen molar-refractivity contribution in [3.63, 3.8) is 0 Å². The number of benzene rings is 3. The predicted octanol–water partition coefficient (Wildman–Crippen LogP) is 6.33. The highest BCUT2D eigenvalue weighted by Crippen LogP contribution is 2.35. The van der Waals surface area contributed by atoms with Gasteiger partial charge in [0.2, 0.25) is 5.95 Å². The predicted molar refractivity (Wildman–Crippen MR) is 158 cm³/mol. The second-order valence-corrected chi connectivity index (χ2v) is 9.57. The van der Waals surface area contributed by atoms with Gasteiger partial charge in [-0.1, -0.05) is 78.4 Å². The number of halogens is 1. The monoisotopic (exact) mass is 532 g/mol. The van der Waals surface area contributed by atoms with E-state index in [-0.39, 0.29) is 11.8 Å². The maximum absolute atomic E-state index is 14.5. The van der Waals surface area contributed by atoms with Crippen LogP contribution >= 0.6 is 0 Å². The number of aryl methyl sites for hydroxylation is 1. The van der Waals surface area contributed by atoms with Crippen LogP contribution < -0.4 is 10.3 Å². The molecule has 1 N–H and O–H groups in total. The number of morpholine rings is 1. The number of ether oxygens (including phenoxy) is 1. The first-order valence-corrected chi connectivity index (χ1v) is 13.3. The van der Waals surface area contributed by atoms with Crippen LogP contribution in [0.15, 0.2) is 102 Å². The van der Waals surface area contributed by atoms with E-state index in [1.807, 2.05) is 41.3 Å². The molecule has 3 heterocycles. The molecule has 0 aliphatic carbocycles. The van der Waals surface area contributed by atoms with Crippen molar-refractivity contribution >= 4 is 18.0 Å². The van der Waals surface area contributed by atoms with Crippen LogP contribution in [-0.2, 0) is 4.74 Å². The molecular formula is C32H29FN6O. The Morgan fingerprint density at radius 2 is 1.57 bits per heavy atom. The minimum Gasteiger partial charge on any atom is -0.378 e. The second kappa shape index (κ2) is 11.5. The van der Waals surface area contributed by atoms with Crippen LogP contribution in [-0.4, -0.2) is 47.1 Å². The number of nitrogens with one attached hydrogen (secondary N) is 1. The van der Waals surface area contributed by atoms with Crippen molar-refractivity contribution in [2.45, 2.75) is 6.92 Å². The Kier molecular flexibility index (Phi) is 7.32. The molecule has 0 atom stereocenters. The lowest BCUT2D eigenvalue weighted by molar-refractivity contribution is 0.122. The first-order chi connectivity index (χ1) is 19.7. The summed E-state index contributed by atoms with van der Waals surface area (Å²) in [6, 6.07) is 31.2. The molecule has 5 aromatic rings. The zero-order chi connectivity index (χ0) is 27.3. The fourth-order valence-electron chi connectivity index (χ4n) is 4.87. The van der Waals surface area contributed by atoms with Crippen molar-refractivity contribution in [1.29, 1.82) is 0 Å². The second-order valence-electron chi connectivity index (χ2n) is 9.57. The van der Waals surface area contributed by atoms with E-state index in [1.165, 1.54) is 11.8 Å². The van der Waals surface area contributed by atoms with Gasteiger partial charge in [0.15, 0.2) is 11.6 Å². The maximum Gasteiger partial charge on any atom is 0.245 e. The molecule has 200 valence electrons. The van der Waals surface area contributed by atoms with Crippen molar-refractivity contribution in [2.24, 2.45) is 5.10 Å². The summed E-state index contributed by atoms with van der Waals surface area (Å²) in [5.41, 5.74) is 10.2. The van der Waals surface area contributed by atoms with E-state index in [1.54, 1.807) is 6.21 Å². The fourth-order valence-corrected chi connectivity index (χ4v) is 4.87. The van der Waals surface area contributed by atoms with Gasteiger partial charge in [0.25, 0.3) is 0 Å². The van der Waals surface area contributed by atoms with Crippen LogP contribution in [0.1, 0.15) is 11.1 Å². The standard InChI is InChI=1S/C32H29FN6O/c1-23-12-14-27(15-13-23)39-29(24-8-4-2-5-9-24)20-26(30(39)25-10-6-3-7-11-25)21-35-37-32-34-22-28(33)31(36-32)38-16-18-40-19-17-38/h2-15,20-22H,16-19H2,1H3,(H,34,36,37)/b35-21-. The van der Waals surface area contributed by atoms with E-state index in [9.17, 15) is 4.39 Å². The van der Waals surface area contributed by atoms with E-state index in [2.05, 4.69) is 86.6 Å². The lowest BCUT2D eigenvalue weighted by Crippen LogP contribution is -2.37. The molecule has 0 saturated carbocycles. The summed E-state index contributed by atoms with van der Waals surface area (Å²) in [5, 5.41) is 4.49. The number of nitrogens with zero attached hydrogens (tertiary/aromatic N) is 5. The van der Waals surface area contributed by atoms with Gasteiger partial charge in [0.05, 0.1) is 37.0 Å². The summed E-state index contributed by atoms with van der Waals surface area (Å²) < 4.78 is 22.1. The molecule has 1 aliphatic heterocycles. The molecule has 0 spiro atoms. The lowest BCUT2D eigenvalue weighted by Gasteiger charge is -2.27. The number of aromatic nitrogens is 3. The molecule has 0 bridgehead atoms. The fraction of sp³-hybridized carbons (Fsp3) is 0.156. The molecule has 0 unspecified atom stereocenters. The summed E-state index contributed by atoms with van der Waals surface area (Å²) >= 11 is 0. The number of anilines is 2. The summed E-state index contributed by atoms with van der Waals surface area (Å²) in [5.74, 6) is 0.00462. The largest absolute Gasteiger partial charge is 0.378 e. The smallest absolute Gasteiger partial charge is 0.245 e. The summed E-state index contributed by atoms with van der Waals surface area (Å²) in [6.07, 6.45) is 2.94. The van der Waals surface area contributed by atoms with Crippen molar-refractivity contribution in [3.8, 4) is 28.2 Å². The molecule has 6 rings (SSSR count). The van der Waals surface area contributed by atoms with Crippen LogP contribution in [0.2, 0.25) is 0 Å². The van der Waals surface area contributed by atoms with E-state index in [0.29, 0.717) is 26.3 Å². The van der Waals surface area contributed by atoms with Crippen LogP contribution in [0.3, 0.4) is 0 Å². The molecule has 1 saturated heterocycles. The van der Waals surface area contributed by atoms with Crippen molar-refractivity contribution < 1.29 is 9.13 Å². The minimum atomic E-state index is -0.467. The van der Waals surface area contributed by atoms with Crippen LogP contribution in [0.25, 0.3) is 28.2 Å². The van der Waals surface area contributed by atoms with Gasteiger partial charge in [0.1, 0.15) is 0 Å². The van der Waals surface area contributed by atoms with E-state index in [4.69, 9.17) is 4.74 Å². The quantitative estimate of drug-likeness (QED) is 0.196. The van der Waals surface area contributed by atoms with Gasteiger partial charge in [-0.05, 0) is 36.2 Å². The van der Waals surface area contributed by atoms with Gasteiger partial charge in [-0.2, -0.15) is 10.1 Å². The summed E-state index contributed by atoms with van der Waals surface area (Å²) in [4.78, 5) is 10.3. The molecule has 8 heteroatoms. The van der Waals surface area contributed by atoms with Gasteiger partial charge in [0, 0.05) is 24.3 Å². The van der Waals surface area contributed by atoms with Crippen LogP contribution in [0, 0.1) is 12.7 Å². The molecule has 1 fully saturated rings. The Bertz CT molecular complexity index is 1610. The van der Waals surface area contributed by atoms with Gasteiger partial charge < -0.3 is 14.2 Å². The number of rotatable bonds is 7. The Balaban J connectivity index is 1.42. The minimum absolute atomic E-state index is 0.224. The highest BCUT2D eigenvalue weighted by atomic mass is 19.1. The highest BCUT2D eigenvalue weighted by Gasteiger charge is 2.20. The third kappa shape index (κ3) is 5.34. The number of hydrazone groups is 1. The van der Waals surface area contributed by atoms with Crippen molar-refractivity contribution in [2.75, 3.05) is 36.6 Å². The Morgan fingerprint density at radius 1 is 0.900 bits per heavy atom. The third-order valence-electron chi connectivity index (χ3n) is 6.84.